The Bertz CT molecular complexity index is 564. The maximum atomic E-state index is 5.73. The highest BCUT2D eigenvalue weighted by Crippen LogP contribution is 2.35. The molecule has 1 aliphatic rings. The van der Waals surface area contributed by atoms with E-state index in [1.165, 1.54) is 16.3 Å². The first kappa shape index (κ1) is 12.6. The van der Waals surface area contributed by atoms with Gasteiger partial charge < -0.3 is 10.1 Å². The lowest BCUT2D eigenvalue weighted by Gasteiger charge is -2.27. The zero-order valence-electron chi connectivity index (χ0n) is 11.5. The fourth-order valence-electron chi connectivity index (χ4n) is 3.19. The standard InChI is InChI=1S/C16H20N2O/c1-11-13(7-9-19-11)16(17-2)14-5-3-4-12-6-8-18-10-15(12)14/h3-6,8,10-11,13,16-17H,7,9H2,1-2H3. The second kappa shape index (κ2) is 5.27. The van der Waals surface area contributed by atoms with E-state index in [-0.39, 0.29) is 0 Å². The Labute approximate surface area is 114 Å². The fraction of sp³-hybridized carbons (Fsp3) is 0.438. The third kappa shape index (κ3) is 2.24. The lowest BCUT2D eigenvalue weighted by molar-refractivity contribution is 0.0964. The zero-order chi connectivity index (χ0) is 13.2. The van der Waals surface area contributed by atoms with Crippen LogP contribution in [-0.4, -0.2) is 24.7 Å². The third-order valence-electron chi connectivity index (χ3n) is 4.23. The van der Waals surface area contributed by atoms with Crippen LogP contribution in [0.4, 0.5) is 0 Å². The molecule has 3 rings (SSSR count). The van der Waals surface area contributed by atoms with E-state index in [4.69, 9.17) is 4.74 Å². The number of fused-ring (bicyclic) bond motifs is 1. The number of ether oxygens (including phenoxy) is 1. The maximum Gasteiger partial charge on any atom is 0.0594 e. The number of nitrogens with zero attached hydrogens (tertiary/aromatic N) is 1. The lowest BCUT2D eigenvalue weighted by atomic mass is 9.86. The fourth-order valence-corrected chi connectivity index (χ4v) is 3.19. The van der Waals surface area contributed by atoms with Gasteiger partial charge in [-0.05, 0) is 37.4 Å². The number of pyridine rings is 1. The van der Waals surface area contributed by atoms with Gasteiger partial charge >= 0.3 is 0 Å². The molecule has 19 heavy (non-hydrogen) atoms. The molecule has 0 radical (unpaired) electrons. The summed E-state index contributed by atoms with van der Waals surface area (Å²) in [5.74, 6) is 0.524. The highest BCUT2D eigenvalue weighted by Gasteiger charge is 2.32. The molecule has 0 spiro atoms. The summed E-state index contributed by atoms with van der Waals surface area (Å²) >= 11 is 0. The number of rotatable bonds is 3. The number of aromatic nitrogens is 1. The van der Waals surface area contributed by atoms with Gasteiger partial charge in [0.1, 0.15) is 0 Å². The van der Waals surface area contributed by atoms with Crippen molar-refractivity contribution >= 4 is 10.8 Å². The van der Waals surface area contributed by atoms with E-state index in [0.717, 1.165) is 13.0 Å². The summed E-state index contributed by atoms with van der Waals surface area (Å²) in [6.07, 6.45) is 5.24. The third-order valence-corrected chi connectivity index (χ3v) is 4.23. The molecule has 0 aliphatic carbocycles. The minimum Gasteiger partial charge on any atom is -0.378 e. The summed E-state index contributed by atoms with van der Waals surface area (Å²) in [5.41, 5.74) is 1.33. The predicted octanol–water partition coefficient (Wildman–Crippen LogP) is 2.92. The molecule has 2 aromatic rings. The van der Waals surface area contributed by atoms with Gasteiger partial charge in [-0.2, -0.15) is 0 Å². The number of nitrogens with one attached hydrogen (secondary N) is 1. The van der Waals surface area contributed by atoms with Crippen molar-refractivity contribution in [3.05, 3.63) is 42.2 Å². The van der Waals surface area contributed by atoms with E-state index in [1.54, 1.807) is 0 Å². The van der Waals surface area contributed by atoms with Gasteiger partial charge in [0.15, 0.2) is 0 Å². The molecular weight excluding hydrogens is 236 g/mol. The normalized spacial score (nSPS) is 24.7. The maximum absolute atomic E-state index is 5.73. The van der Waals surface area contributed by atoms with Crippen LogP contribution in [0.15, 0.2) is 36.7 Å². The topological polar surface area (TPSA) is 34.2 Å². The lowest BCUT2D eigenvalue weighted by Crippen LogP contribution is -2.29. The number of hydrogen-bond acceptors (Lipinski definition) is 3. The molecular formula is C16H20N2O. The van der Waals surface area contributed by atoms with Crippen molar-refractivity contribution < 1.29 is 4.74 Å². The van der Waals surface area contributed by atoms with E-state index in [2.05, 4.69) is 41.5 Å². The molecule has 3 atom stereocenters. The molecule has 3 nitrogen and oxygen atoms in total. The van der Waals surface area contributed by atoms with Crippen LogP contribution >= 0.6 is 0 Å². The molecule has 3 heteroatoms. The average molecular weight is 256 g/mol. The second-order valence-electron chi connectivity index (χ2n) is 5.24. The number of hydrogen-bond donors (Lipinski definition) is 1. The van der Waals surface area contributed by atoms with Crippen LogP contribution in [0.2, 0.25) is 0 Å². The second-order valence-corrected chi connectivity index (χ2v) is 5.24. The molecule has 2 heterocycles. The van der Waals surface area contributed by atoms with Crippen molar-refractivity contribution in [2.24, 2.45) is 5.92 Å². The first-order valence-corrected chi connectivity index (χ1v) is 6.93. The summed E-state index contributed by atoms with van der Waals surface area (Å²) in [7, 11) is 2.03. The van der Waals surface area contributed by atoms with E-state index in [1.807, 2.05) is 19.4 Å². The Morgan fingerprint density at radius 3 is 3.00 bits per heavy atom. The van der Waals surface area contributed by atoms with Crippen LogP contribution in [0, 0.1) is 5.92 Å². The minimum atomic E-state index is 0.310. The Hall–Kier alpha value is -1.45. The predicted molar refractivity (Wildman–Crippen MR) is 77.1 cm³/mol. The molecule has 1 aromatic carbocycles. The van der Waals surface area contributed by atoms with Crippen molar-refractivity contribution in [2.75, 3.05) is 13.7 Å². The van der Waals surface area contributed by atoms with Gasteiger partial charge in [-0.25, -0.2) is 0 Å². The summed E-state index contributed by atoms with van der Waals surface area (Å²) in [4.78, 5) is 4.28. The Morgan fingerprint density at radius 2 is 2.26 bits per heavy atom. The van der Waals surface area contributed by atoms with Crippen molar-refractivity contribution in [3.8, 4) is 0 Å². The monoisotopic (exact) mass is 256 g/mol. The van der Waals surface area contributed by atoms with E-state index >= 15 is 0 Å². The van der Waals surface area contributed by atoms with Gasteiger partial charge in [0, 0.05) is 36.3 Å². The smallest absolute Gasteiger partial charge is 0.0594 e. The summed E-state index contributed by atoms with van der Waals surface area (Å²) in [6.45, 7) is 3.04. The quantitative estimate of drug-likeness (QED) is 0.917. The molecule has 0 saturated carbocycles. The van der Waals surface area contributed by atoms with Gasteiger partial charge in [0.05, 0.1) is 6.10 Å². The molecule has 100 valence electrons. The van der Waals surface area contributed by atoms with Crippen LogP contribution in [-0.2, 0) is 4.74 Å². The van der Waals surface area contributed by atoms with Gasteiger partial charge in [-0.3, -0.25) is 4.98 Å². The van der Waals surface area contributed by atoms with Crippen molar-refractivity contribution in [3.63, 3.8) is 0 Å². The van der Waals surface area contributed by atoms with Gasteiger partial charge in [0.2, 0.25) is 0 Å². The summed E-state index contributed by atoms with van der Waals surface area (Å²) < 4.78 is 5.73. The first-order chi connectivity index (χ1) is 9.31. The van der Waals surface area contributed by atoms with Gasteiger partial charge in [0.25, 0.3) is 0 Å². The molecule has 1 saturated heterocycles. The van der Waals surface area contributed by atoms with Crippen molar-refractivity contribution in [1.29, 1.82) is 0 Å². The summed E-state index contributed by atoms with van der Waals surface area (Å²) in [5, 5.41) is 5.96. The first-order valence-electron chi connectivity index (χ1n) is 6.93. The Kier molecular flexibility index (Phi) is 3.49. The van der Waals surface area contributed by atoms with Crippen LogP contribution in [0.25, 0.3) is 10.8 Å². The molecule has 1 N–H and O–H groups in total. The van der Waals surface area contributed by atoms with Crippen molar-refractivity contribution in [2.45, 2.75) is 25.5 Å². The highest BCUT2D eigenvalue weighted by molar-refractivity contribution is 5.85. The van der Waals surface area contributed by atoms with E-state index in [9.17, 15) is 0 Å². The molecule has 0 amide bonds. The van der Waals surface area contributed by atoms with Crippen LogP contribution in [0.3, 0.4) is 0 Å². The van der Waals surface area contributed by atoms with Crippen LogP contribution in [0.1, 0.15) is 24.9 Å². The van der Waals surface area contributed by atoms with Gasteiger partial charge in [-0.15, -0.1) is 0 Å². The SMILES string of the molecule is CNC(c1cccc2ccncc12)C1CCOC1C. The Morgan fingerprint density at radius 1 is 1.37 bits per heavy atom. The van der Waals surface area contributed by atoms with E-state index in [0.29, 0.717) is 18.1 Å². The molecule has 1 aliphatic heterocycles. The number of benzene rings is 1. The molecule has 1 fully saturated rings. The van der Waals surface area contributed by atoms with Gasteiger partial charge in [-0.1, -0.05) is 18.2 Å². The molecule has 3 unspecified atom stereocenters. The highest BCUT2D eigenvalue weighted by atomic mass is 16.5. The van der Waals surface area contributed by atoms with E-state index < -0.39 is 0 Å². The zero-order valence-corrected chi connectivity index (χ0v) is 11.5. The summed E-state index contributed by atoms with van der Waals surface area (Å²) in [6, 6.07) is 8.87. The van der Waals surface area contributed by atoms with Crippen LogP contribution < -0.4 is 5.32 Å². The Balaban J connectivity index is 2.06. The molecule has 0 bridgehead atoms. The average Bonchev–Trinajstić information content (AvgIpc) is 2.86. The van der Waals surface area contributed by atoms with Crippen LogP contribution in [0.5, 0.6) is 0 Å². The molecule has 1 aromatic heterocycles. The largest absolute Gasteiger partial charge is 0.378 e. The minimum absolute atomic E-state index is 0.310. The van der Waals surface area contributed by atoms with Crippen molar-refractivity contribution in [1.82, 2.24) is 10.3 Å².